The average Bonchev–Trinajstić information content (AvgIpc) is 2.28. The smallest absolute Gasteiger partial charge is 0.505 e. The molecule has 0 atom stereocenters. The predicted molar refractivity (Wildman–Crippen MR) is 56.6 cm³/mol. The Balaban J connectivity index is 3.26. The number of methoxy groups -OCH3 is 1. The van der Waals surface area contributed by atoms with Crippen LogP contribution in [-0.4, -0.2) is 29.5 Å². The molecule has 18 heavy (non-hydrogen) atoms. The summed E-state index contributed by atoms with van der Waals surface area (Å²) in [7, 11) is 1.03. The monoisotopic (exact) mass is 329 g/mol. The van der Waals surface area contributed by atoms with Crippen LogP contribution in [0, 0.1) is 0 Å². The van der Waals surface area contributed by atoms with Crippen molar-refractivity contribution in [1.82, 2.24) is 4.98 Å². The first-order chi connectivity index (χ1) is 8.28. The number of carbonyl (C=O) groups is 1. The lowest BCUT2D eigenvalue weighted by molar-refractivity contribution is -0.276. The molecule has 0 saturated heterocycles. The number of halogens is 4. The Bertz CT molecular complexity index is 464. The molecule has 1 heterocycles. The van der Waals surface area contributed by atoms with Gasteiger partial charge in [0.15, 0.2) is 5.75 Å². The van der Waals surface area contributed by atoms with Gasteiger partial charge in [-0.3, -0.25) is 0 Å². The number of pyridine rings is 1. The van der Waals surface area contributed by atoms with E-state index in [1.807, 2.05) is 0 Å². The molecule has 0 aliphatic carbocycles. The molecule has 0 aliphatic rings. The number of aromatic hydroxyl groups is 1. The molecular formula is C9H7BrF3NO4. The Morgan fingerprint density at radius 1 is 1.56 bits per heavy atom. The number of ether oxygens (including phenoxy) is 2. The minimum Gasteiger partial charge on any atom is -0.505 e. The molecular weight excluding hydrogens is 323 g/mol. The fourth-order valence-electron chi connectivity index (χ4n) is 1.10. The molecule has 0 radical (unpaired) electrons. The van der Waals surface area contributed by atoms with Crippen molar-refractivity contribution < 1.29 is 32.5 Å². The number of esters is 1. The van der Waals surface area contributed by atoms with Gasteiger partial charge in [0, 0.05) is 11.4 Å². The van der Waals surface area contributed by atoms with Crippen LogP contribution in [0.1, 0.15) is 16.1 Å². The number of hydrogen-bond acceptors (Lipinski definition) is 5. The van der Waals surface area contributed by atoms with Gasteiger partial charge in [0.1, 0.15) is 5.56 Å². The highest BCUT2D eigenvalue weighted by molar-refractivity contribution is 9.08. The summed E-state index contributed by atoms with van der Waals surface area (Å²) in [6.45, 7) is 0. The van der Waals surface area contributed by atoms with Crippen molar-refractivity contribution in [2.24, 2.45) is 0 Å². The highest BCUT2D eigenvalue weighted by atomic mass is 79.9. The van der Waals surface area contributed by atoms with Crippen LogP contribution >= 0.6 is 15.9 Å². The molecule has 5 nitrogen and oxygen atoms in total. The number of aromatic nitrogens is 1. The molecule has 0 saturated carbocycles. The number of hydrogen-bond donors (Lipinski definition) is 1. The molecule has 9 heteroatoms. The fourth-order valence-corrected chi connectivity index (χ4v) is 1.49. The van der Waals surface area contributed by atoms with Gasteiger partial charge >= 0.3 is 12.3 Å². The standard InChI is InChI=1S/C9H7BrF3NO4/c1-17-8(16)4-2-6(18-9(11,12)13)14-5(3-10)7(4)15/h2,15H,3H2,1H3. The van der Waals surface area contributed by atoms with Crippen molar-refractivity contribution in [3.8, 4) is 11.6 Å². The van der Waals surface area contributed by atoms with Crippen molar-refractivity contribution in [1.29, 1.82) is 0 Å². The maximum Gasteiger partial charge on any atom is 0.574 e. The van der Waals surface area contributed by atoms with Gasteiger partial charge in [-0.2, -0.15) is 0 Å². The summed E-state index contributed by atoms with van der Waals surface area (Å²) in [4.78, 5) is 14.7. The number of alkyl halides is 4. The minimum absolute atomic E-state index is 0.0577. The topological polar surface area (TPSA) is 68.7 Å². The Morgan fingerprint density at radius 3 is 2.61 bits per heavy atom. The van der Waals surface area contributed by atoms with Gasteiger partial charge in [0.25, 0.3) is 0 Å². The SMILES string of the molecule is COC(=O)c1cc(OC(F)(F)F)nc(CBr)c1O. The van der Waals surface area contributed by atoms with Gasteiger partial charge in [-0.25, -0.2) is 9.78 Å². The third-order valence-electron chi connectivity index (χ3n) is 1.79. The summed E-state index contributed by atoms with van der Waals surface area (Å²) in [5.41, 5.74) is -0.627. The fraction of sp³-hybridized carbons (Fsp3) is 0.333. The van der Waals surface area contributed by atoms with Crippen LogP contribution in [0.5, 0.6) is 11.6 Å². The summed E-state index contributed by atoms with van der Waals surface area (Å²) in [6, 6.07) is 0.654. The molecule has 0 aliphatic heterocycles. The molecule has 0 unspecified atom stereocenters. The first-order valence-corrected chi connectivity index (χ1v) is 5.53. The largest absolute Gasteiger partial charge is 0.574 e. The minimum atomic E-state index is -4.94. The van der Waals surface area contributed by atoms with Crippen molar-refractivity contribution in [2.75, 3.05) is 7.11 Å². The molecule has 1 rings (SSSR count). The molecule has 0 spiro atoms. The van der Waals surface area contributed by atoms with Gasteiger partial charge in [-0.05, 0) is 0 Å². The zero-order valence-corrected chi connectivity index (χ0v) is 10.5. The lowest BCUT2D eigenvalue weighted by Gasteiger charge is -2.11. The maximum atomic E-state index is 12.0. The van der Waals surface area contributed by atoms with Gasteiger partial charge in [-0.1, -0.05) is 15.9 Å². The van der Waals surface area contributed by atoms with Crippen LogP contribution in [-0.2, 0) is 10.1 Å². The molecule has 0 bridgehead atoms. The molecule has 0 fully saturated rings. The highest BCUT2D eigenvalue weighted by Crippen LogP contribution is 2.30. The lowest BCUT2D eigenvalue weighted by Crippen LogP contribution is -2.19. The Kier molecular flexibility index (Phi) is 4.38. The number of rotatable bonds is 3. The lowest BCUT2D eigenvalue weighted by atomic mass is 10.2. The molecule has 1 aromatic rings. The molecule has 100 valence electrons. The van der Waals surface area contributed by atoms with Crippen molar-refractivity contribution in [2.45, 2.75) is 11.7 Å². The van der Waals surface area contributed by atoms with Gasteiger partial charge in [-0.15, -0.1) is 13.2 Å². The van der Waals surface area contributed by atoms with Crippen LogP contribution in [0.2, 0.25) is 0 Å². The van der Waals surface area contributed by atoms with E-state index in [0.29, 0.717) is 6.07 Å². The van der Waals surface area contributed by atoms with Crippen LogP contribution in [0.25, 0.3) is 0 Å². The molecule has 1 N–H and O–H groups in total. The predicted octanol–water partition coefficient (Wildman–Crippen LogP) is 2.37. The van der Waals surface area contributed by atoms with Crippen LogP contribution in [0.3, 0.4) is 0 Å². The van der Waals surface area contributed by atoms with Gasteiger partial charge in [0.05, 0.1) is 12.8 Å². The summed E-state index contributed by atoms with van der Waals surface area (Å²) in [5.74, 6) is -2.41. The van der Waals surface area contributed by atoms with Crippen LogP contribution < -0.4 is 4.74 Å². The van der Waals surface area contributed by atoms with Crippen LogP contribution in [0.4, 0.5) is 13.2 Å². The summed E-state index contributed by atoms with van der Waals surface area (Å²) < 4.78 is 44.0. The van der Waals surface area contributed by atoms with E-state index in [2.05, 4.69) is 30.4 Å². The first-order valence-electron chi connectivity index (χ1n) is 4.41. The molecule has 0 amide bonds. The Labute approximate surface area is 108 Å². The number of nitrogens with zero attached hydrogens (tertiary/aromatic N) is 1. The van der Waals surface area contributed by atoms with E-state index in [-0.39, 0.29) is 11.0 Å². The second kappa shape index (κ2) is 5.42. The molecule has 1 aromatic heterocycles. The van der Waals surface area contributed by atoms with Crippen molar-refractivity contribution >= 4 is 21.9 Å². The third kappa shape index (κ3) is 3.49. The third-order valence-corrected chi connectivity index (χ3v) is 2.32. The zero-order chi connectivity index (χ0) is 13.9. The van der Waals surface area contributed by atoms with Gasteiger partial charge in [0.2, 0.25) is 5.88 Å². The van der Waals surface area contributed by atoms with E-state index in [1.165, 1.54) is 0 Å². The maximum absolute atomic E-state index is 12.0. The normalized spacial score (nSPS) is 11.2. The zero-order valence-electron chi connectivity index (χ0n) is 8.92. The summed E-state index contributed by atoms with van der Waals surface area (Å²) in [6.07, 6.45) is -4.94. The van der Waals surface area contributed by atoms with E-state index < -0.39 is 29.5 Å². The average molecular weight is 330 g/mol. The highest BCUT2D eigenvalue weighted by Gasteiger charge is 2.33. The van der Waals surface area contributed by atoms with Crippen molar-refractivity contribution in [3.05, 3.63) is 17.3 Å². The molecule has 0 aromatic carbocycles. The Morgan fingerprint density at radius 2 is 2.17 bits per heavy atom. The van der Waals surface area contributed by atoms with E-state index >= 15 is 0 Å². The van der Waals surface area contributed by atoms with Crippen LogP contribution in [0.15, 0.2) is 6.07 Å². The summed E-state index contributed by atoms with van der Waals surface area (Å²) >= 11 is 2.92. The quantitative estimate of drug-likeness (QED) is 0.681. The second-order valence-corrected chi connectivity index (χ2v) is 3.54. The van der Waals surface area contributed by atoms with E-state index in [0.717, 1.165) is 7.11 Å². The van der Waals surface area contributed by atoms with E-state index in [9.17, 15) is 23.1 Å². The first kappa shape index (κ1) is 14.6. The van der Waals surface area contributed by atoms with Gasteiger partial charge < -0.3 is 14.6 Å². The van der Waals surface area contributed by atoms with E-state index in [1.54, 1.807) is 0 Å². The second-order valence-electron chi connectivity index (χ2n) is 2.98. The van der Waals surface area contributed by atoms with E-state index in [4.69, 9.17) is 0 Å². The Hall–Kier alpha value is -1.51. The number of carbonyl (C=O) groups excluding carboxylic acids is 1. The summed E-state index contributed by atoms with van der Waals surface area (Å²) in [5, 5.41) is 9.53. The van der Waals surface area contributed by atoms with Crippen molar-refractivity contribution in [3.63, 3.8) is 0 Å².